The third-order valence-corrected chi connectivity index (χ3v) is 3.15. The van der Waals surface area contributed by atoms with Gasteiger partial charge in [0.15, 0.2) is 11.6 Å². The van der Waals surface area contributed by atoms with Gasteiger partial charge in [0.1, 0.15) is 0 Å². The van der Waals surface area contributed by atoms with Crippen LogP contribution in [0.4, 0.5) is 17.3 Å². The molecule has 0 unspecified atom stereocenters. The van der Waals surface area contributed by atoms with Crippen LogP contribution in [0.25, 0.3) is 0 Å². The summed E-state index contributed by atoms with van der Waals surface area (Å²) >= 11 is 11.9. The molecule has 0 saturated carbocycles. The number of nitrogens with one attached hydrogen (secondary N) is 2. The molecular weight excluding hydrogens is 311 g/mol. The molecule has 21 heavy (non-hydrogen) atoms. The second-order valence-corrected chi connectivity index (χ2v) is 5.19. The topological polar surface area (TPSA) is 66.9 Å². The van der Waals surface area contributed by atoms with Crippen molar-refractivity contribution in [1.82, 2.24) is 10.2 Å². The van der Waals surface area contributed by atoms with Crippen molar-refractivity contribution < 1.29 is 4.79 Å². The molecule has 0 fully saturated rings. The molecule has 1 aromatic heterocycles. The van der Waals surface area contributed by atoms with Crippen molar-refractivity contribution in [2.24, 2.45) is 0 Å². The fourth-order valence-electron chi connectivity index (χ4n) is 1.63. The number of aromatic nitrogens is 2. The number of carbonyl (C=O) groups is 1. The normalized spacial score (nSPS) is 10.2. The van der Waals surface area contributed by atoms with Crippen molar-refractivity contribution in [3.63, 3.8) is 0 Å². The standard InChI is InChI=1S/C14H14Cl2N4O/c1-2-3-14(21)18-13-7-6-12(19-20-13)17-11-5-4-9(15)8-10(11)16/h4-8H,2-3H2,1H3,(H,17,19)(H,18,20,21). The molecular formula is C14H14Cl2N4O. The van der Waals surface area contributed by atoms with E-state index in [9.17, 15) is 4.79 Å². The molecule has 2 N–H and O–H groups in total. The van der Waals surface area contributed by atoms with Crippen molar-refractivity contribution in [2.75, 3.05) is 10.6 Å². The molecule has 0 bridgehead atoms. The Kier molecular flexibility index (Phi) is 5.36. The van der Waals surface area contributed by atoms with E-state index in [0.29, 0.717) is 33.8 Å². The number of anilines is 3. The van der Waals surface area contributed by atoms with Gasteiger partial charge in [-0.05, 0) is 36.8 Å². The summed E-state index contributed by atoms with van der Waals surface area (Å²) in [4.78, 5) is 11.4. The van der Waals surface area contributed by atoms with Crippen LogP contribution in [-0.2, 0) is 4.79 Å². The first kappa shape index (κ1) is 15.5. The van der Waals surface area contributed by atoms with E-state index < -0.39 is 0 Å². The number of hydrogen-bond donors (Lipinski definition) is 2. The van der Waals surface area contributed by atoms with Gasteiger partial charge in [-0.2, -0.15) is 0 Å². The van der Waals surface area contributed by atoms with Gasteiger partial charge in [-0.1, -0.05) is 30.1 Å². The van der Waals surface area contributed by atoms with E-state index in [1.165, 1.54) is 0 Å². The lowest BCUT2D eigenvalue weighted by atomic mass is 10.3. The van der Waals surface area contributed by atoms with Crippen LogP contribution in [0.2, 0.25) is 10.0 Å². The second kappa shape index (κ2) is 7.24. The lowest BCUT2D eigenvalue weighted by Gasteiger charge is -2.08. The summed E-state index contributed by atoms with van der Waals surface area (Å²) < 4.78 is 0. The van der Waals surface area contributed by atoms with Gasteiger partial charge in [0.05, 0.1) is 10.7 Å². The molecule has 1 amide bonds. The molecule has 110 valence electrons. The third kappa shape index (κ3) is 4.58. The molecule has 2 rings (SSSR count). The summed E-state index contributed by atoms with van der Waals surface area (Å²) in [6.07, 6.45) is 1.25. The van der Waals surface area contributed by atoms with Crippen LogP contribution in [0.3, 0.4) is 0 Å². The molecule has 0 aliphatic rings. The van der Waals surface area contributed by atoms with Crippen molar-refractivity contribution in [2.45, 2.75) is 19.8 Å². The number of amides is 1. The van der Waals surface area contributed by atoms with Gasteiger partial charge in [0.2, 0.25) is 5.91 Å². The first-order valence-corrected chi connectivity index (χ1v) is 7.19. The summed E-state index contributed by atoms with van der Waals surface area (Å²) in [6.45, 7) is 1.94. The predicted molar refractivity (Wildman–Crippen MR) is 85.3 cm³/mol. The van der Waals surface area contributed by atoms with Gasteiger partial charge in [-0.3, -0.25) is 4.79 Å². The smallest absolute Gasteiger partial charge is 0.225 e. The zero-order chi connectivity index (χ0) is 15.2. The monoisotopic (exact) mass is 324 g/mol. The lowest BCUT2D eigenvalue weighted by molar-refractivity contribution is -0.116. The Balaban J connectivity index is 2.03. The Hall–Kier alpha value is -1.85. The molecule has 0 atom stereocenters. The van der Waals surface area contributed by atoms with Crippen molar-refractivity contribution in [3.05, 3.63) is 40.4 Å². The van der Waals surface area contributed by atoms with E-state index in [4.69, 9.17) is 23.2 Å². The van der Waals surface area contributed by atoms with Crippen LogP contribution in [0.1, 0.15) is 19.8 Å². The summed E-state index contributed by atoms with van der Waals surface area (Å²) in [5, 5.41) is 14.7. The summed E-state index contributed by atoms with van der Waals surface area (Å²) in [5.41, 5.74) is 0.679. The molecule has 0 aliphatic carbocycles. The Morgan fingerprint density at radius 1 is 1.14 bits per heavy atom. The highest BCUT2D eigenvalue weighted by atomic mass is 35.5. The lowest BCUT2D eigenvalue weighted by Crippen LogP contribution is -2.12. The SMILES string of the molecule is CCCC(=O)Nc1ccc(Nc2ccc(Cl)cc2Cl)nn1. The van der Waals surface area contributed by atoms with E-state index in [1.54, 1.807) is 30.3 Å². The number of carbonyl (C=O) groups excluding carboxylic acids is 1. The van der Waals surface area contributed by atoms with Crippen molar-refractivity contribution >= 4 is 46.4 Å². The zero-order valence-corrected chi connectivity index (χ0v) is 12.9. The summed E-state index contributed by atoms with van der Waals surface area (Å²) in [6, 6.07) is 8.50. The predicted octanol–water partition coefficient (Wildman–Crippen LogP) is 4.27. The highest BCUT2D eigenvalue weighted by Crippen LogP contribution is 2.27. The van der Waals surface area contributed by atoms with Crippen LogP contribution in [0.5, 0.6) is 0 Å². The Morgan fingerprint density at radius 2 is 1.86 bits per heavy atom. The maximum Gasteiger partial charge on any atom is 0.225 e. The molecule has 2 aromatic rings. The quantitative estimate of drug-likeness (QED) is 0.862. The number of halogens is 2. The molecule has 0 aliphatic heterocycles. The van der Waals surface area contributed by atoms with Crippen LogP contribution in [-0.4, -0.2) is 16.1 Å². The molecule has 1 aromatic carbocycles. The summed E-state index contributed by atoms with van der Waals surface area (Å²) in [5.74, 6) is 0.863. The number of hydrogen-bond acceptors (Lipinski definition) is 4. The average Bonchev–Trinajstić information content (AvgIpc) is 2.44. The molecule has 1 heterocycles. The maximum absolute atomic E-state index is 11.4. The van der Waals surface area contributed by atoms with Crippen LogP contribution >= 0.6 is 23.2 Å². The van der Waals surface area contributed by atoms with E-state index in [1.807, 2.05) is 6.92 Å². The number of benzene rings is 1. The van der Waals surface area contributed by atoms with Gasteiger partial charge in [-0.15, -0.1) is 10.2 Å². The fraction of sp³-hybridized carbons (Fsp3) is 0.214. The first-order valence-electron chi connectivity index (χ1n) is 6.44. The minimum absolute atomic E-state index is 0.0757. The van der Waals surface area contributed by atoms with Crippen molar-refractivity contribution in [1.29, 1.82) is 0 Å². The van der Waals surface area contributed by atoms with Crippen molar-refractivity contribution in [3.8, 4) is 0 Å². The van der Waals surface area contributed by atoms with Crippen LogP contribution in [0.15, 0.2) is 30.3 Å². The zero-order valence-electron chi connectivity index (χ0n) is 11.4. The third-order valence-electron chi connectivity index (χ3n) is 2.60. The van der Waals surface area contributed by atoms with Gasteiger partial charge >= 0.3 is 0 Å². The Labute approximate surface area is 132 Å². The summed E-state index contributed by atoms with van der Waals surface area (Å²) in [7, 11) is 0. The van der Waals surface area contributed by atoms with E-state index >= 15 is 0 Å². The van der Waals surface area contributed by atoms with Crippen LogP contribution in [0, 0.1) is 0 Å². The number of rotatable bonds is 5. The molecule has 5 nitrogen and oxygen atoms in total. The largest absolute Gasteiger partial charge is 0.338 e. The van der Waals surface area contributed by atoms with E-state index in [0.717, 1.165) is 6.42 Å². The highest BCUT2D eigenvalue weighted by molar-refractivity contribution is 6.36. The minimum Gasteiger partial charge on any atom is -0.338 e. The van der Waals surface area contributed by atoms with Gasteiger partial charge in [0, 0.05) is 11.4 Å². The Bertz CT molecular complexity index is 631. The van der Waals surface area contributed by atoms with Gasteiger partial charge in [-0.25, -0.2) is 0 Å². The van der Waals surface area contributed by atoms with Crippen LogP contribution < -0.4 is 10.6 Å². The average molecular weight is 325 g/mol. The number of nitrogens with zero attached hydrogens (tertiary/aromatic N) is 2. The van der Waals surface area contributed by atoms with E-state index in [-0.39, 0.29) is 5.91 Å². The first-order chi connectivity index (χ1) is 10.1. The molecule has 0 saturated heterocycles. The second-order valence-electron chi connectivity index (χ2n) is 4.35. The highest BCUT2D eigenvalue weighted by Gasteiger charge is 2.05. The van der Waals surface area contributed by atoms with Gasteiger partial charge < -0.3 is 10.6 Å². The molecule has 7 heteroatoms. The molecule has 0 radical (unpaired) electrons. The fourth-order valence-corrected chi connectivity index (χ4v) is 2.08. The maximum atomic E-state index is 11.4. The molecule has 0 spiro atoms. The minimum atomic E-state index is -0.0757. The Morgan fingerprint density at radius 3 is 2.48 bits per heavy atom. The van der Waals surface area contributed by atoms with Gasteiger partial charge in [0.25, 0.3) is 0 Å². The van der Waals surface area contributed by atoms with E-state index in [2.05, 4.69) is 20.8 Å².